The van der Waals surface area contributed by atoms with Crippen molar-refractivity contribution in [1.82, 2.24) is 5.32 Å². The third-order valence-electron chi connectivity index (χ3n) is 4.01. The average Bonchev–Trinajstić information content (AvgIpc) is 3.32. The van der Waals surface area contributed by atoms with Crippen molar-refractivity contribution in [1.29, 1.82) is 0 Å². The fourth-order valence-corrected chi connectivity index (χ4v) is 3.72. The molecule has 1 aromatic carbocycles. The summed E-state index contributed by atoms with van der Waals surface area (Å²) in [6.45, 7) is 2.05. The molecule has 4 rings (SSSR count). The van der Waals surface area contributed by atoms with Crippen LogP contribution in [0.1, 0.15) is 18.6 Å². The van der Waals surface area contributed by atoms with E-state index in [1.165, 1.54) is 24.6 Å². The lowest BCUT2D eigenvalue weighted by Gasteiger charge is -2.12. The highest BCUT2D eigenvalue weighted by atomic mass is 35.5. The number of hydrogen-bond donors (Lipinski definition) is 1. The maximum Gasteiger partial charge on any atom is 0.264 e. The van der Waals surface area contributed by atoms with Gasteiger partial charge in [0.25, 0.3) is 5.91 Å². The Morgan fingerprint density at radius 1 is 1.16 bits per heavy atom. The number of hydrogen-bond acceptors (Lipinski definition) is 5. The zero-order valence-electron chi connectivity index (χ0n) is 13.4. The summed E-state index contributed by atoms with van der Waals surface area (Å²) >= 11 is 7.17. The van der Waals surface area contributed by atoms with Gasteiger partial charge < -0.3 is 14.6 Å². The first-order valence-electron chi connectivity index (χ1n) is 8.07. The lowest BCUT2D eigenvalue weighted by Crippen LogP contribution is -2.19. The number of benzene rings is 1. The molecular weight excluding hydrogens is 358 g/mol. The molecule has 0 radical (unpaired) electrons. The standard InChI is InChI=1S/C18H16ClN3O2S/c19-12-3-5-13(6-4-12)20-18-21-17(23)15(25-18)11-14-7-8-16(24-14)22-9-1-2-10-22/h3-8,11H,1-2,9-10H2,(H,20,21,23)/b15-11-. The summed E-state index contributed by atoms with van der Waals surface area (Å²) < 4.78 is 5.85. The zero-order valence-corrected chi connectivity index (χ0v) is 14.9. The van der Waals surface area contributed by atoms with Gasteiger partial charge in [-0.2, -0.15) is 0 Å². The summed E-state index contributed by atoms with van der Waals surface area (Å²) in [4.78, 5) is 19.3. The van der Waals surface area contributed by atoms with Crippen LogP contribution >= 0.6 is 23.4 Å². The molecule has 1 amide bonds. The molecule has 0 saturated carbocycles. The van der Waals surface area contributed by atoms with E-state index in [2.05, 4.69) is 15.2 Å². The number of carbonyl (C=O) groups is 1. The minimum Gasteiger partial charge on any atom is -0.441 e. The Morgan fingerprint density at radius 3 is 2.68 bits per heavy atom. The number of furan rings is 1. The van der Waals surface area contributed by atoms with Crippen LogP contribution in [0.25, 0.3) is 6.08 Å². The summed E-state index contributed by atoms with van der Waals surface area (Å²) in [5.41, 5.74) is 0.739. The fourth-order valence-electron chi connectivity index (χ4n) is 2.77. The first-order chi connectivity index (χ1) is 12.2. The average molecular weight is 374 g/mol. The van der Waals surface area contributed by atoms with Crippen molar-refractivity contribution in [3.63, 3.8) is 0 Å². The van der Waals surface area contributed by atoms with Crippen LogP contribution in [-0.4, -0.2) is 24.2 Å². The molecule has 0 aliphatic carbocycles. The number of nitrogens with zero attached hydrogens (tertiary/aromatic N) is 2. The maximum absolute atomic E-state index is 12.1. The number of halogens is 1. The van der Waals surface area contributed by atoms with E-state index < -0.39 is 0 Å². The molecule has 1 N–H and O–H groups in total. The number of anilines is 1. The first-order valence-corrected chi connectivity index (χ1v) is 9.27. The van der Waals surface area contributed by atoms with E-state index in [-0.39, 0.29) is 5.91 Å². The Kier molecular flexibility index (Phi) is 4.55. The molecule has 0 unspecified atom stereocenters. The normalized spacial score (nSPS) is 20.7. The van der Waals surface area contributed by atoms with Gasteiger partial charge in [-0.15, -0.1) is 0 Å². The summed E-state index contributed by atoms with van der Waals surface area (Å²) in [6, 6.07) is 11.0. The van der Waals surface area contributed by atoms with Crippen LogP contribution in [0, 0.1) is 0 Å². The number of aliphatic imine (C=N–C) groups is 1. The van der Waals surface area contributed by atoms with Gasteiger partial charge in [0.1, 0.15) is 5.76 Å². The molecule has 3 heterocycles. The molecule has 128 valence electrons. The van der Waals surface area contributed by atoms with E-state index in [0.29, 0.717) is 20.9 Å². The van der Waals surface area contributed by atoms with Gasteiger partial charge in [0.15, 0.2) is 11.1 Å². The Balaban J connectivity index is 1.50. The fraction of sp³-hybridized carbons (Fsp3) is 0.222. The minimum absolute atomic E-state index is 0.170. The number of thioether (sulfide) groups is 1. The Morgan fingerprint density at radius 2 is 1.92 bits per heavy atom. The Labute approximate surface area is 154 Å². The Bertz CT molecular complexity index is 851. The molecule has 7 heteroatoms. The molecule has 25 heavy (non-hydrogen) atoms. The quantitative estimate of drug-likeness (QED) is 0.809. The molecule has 2 aliphatic heterocycles. The van der Waals surface area contributed by atoms with Crippen LogP contribution in [0.3, 0.4) is 0 Å². The van der Waals surface area contributed by atoms with Gasteiger partial charge in [0.2, 0.25) is 0 Å². The van der Waals surface area contributed by atoms with Crippen molar-refractivity contribution in [2.24, 2.45) is 4.99 Å². The second-order valence-electron chi connectivity index (χ2n) is 5.83. The highest BCUT2D eigenvalue weighted by molar-refractivity contribution is 8.18. The molecule has 0 atom stereocenters. The van der Waals surface area contributed by atoms with Crippen molar-refractivity contribution in [3.05, 3.63) is 52.1 Å². The van der Waals surface area contributed by atoms with Gasteiger partial charge in [-0.25, -0.2) is 4.99 Å². The lowest BCUT2D eigenvalue weighted by molar-refractivity contribution is -0.115. The van der Waals surface area contributed by atoms with Crippen LogP contribution in [-0.2, 0) is 4.79 Å². The SMILES string of the molecule is O=C1NC(=Nc2ccc(Cl)cc2)S/C1=C\c1ccc(N2CCCC2)o1. The van der Waals surface area contributed by atoms with Gasteiger partial charge in [-0.1, -0.05) is 11.6 Å². The van der Waals surface area contributed by atoms with E-state index in [0.717, 1.165) is 24.7 Å². The van der Waals surface area contributed by atoms with Crippen LogP contribution in [0.5, 0.6) is 0 Å². The minimum atomic E-state index is -0.170. The lowest BCUT2D eigenvalue weighted by atomic mass is 10.3. The van der Waals surface area contributed by atoms with Crippen molar-refractivity contribution in [3.8, 4) is 0 Å². The topological polar surface area (TPSA) is 57.8 Å². The molecular formula is C18H16ClN3O2S. The molecule has 5 nitrogen and oxygen atoms in total. The third kappa shape index (κ3) is 3.75. The van der Waals surface area contributed by atoms with E-state index in [1.54, 1.807) is 30.3 Å². The molecule has 1 aromatic heterocycles. The van der Waals surface area contributed by atoms with Crippen molar-refractivity contribution >= 4 is 52.1 Å². The predicted molar refractivity (Wildman–Crippen MR) is 102 cm³/mol. The largest absolute Gasteiger partial charge is 0.441 e. The molecule has 2 aromatic rings. The number of amides is 1. The molecule has 2 fully saturated rings. The first kappa shape index (κ1) is 16.3. The van der Waals surface area contributed by atoms with Crippen molar-refractivity contribution in [2.75, 3.05) is 18.0 Å². The van der Waals surface area contributed by atoms with Gasteiger partial charge in [0, 0.05) is 30.3 Å². The van der Waals surface area contributed by atoms with Gasteiger partial charge in [-0.05, 0) is 54.9 Å². The zero-order chi connectivity index (χ0) is 17.2. The predicted octanol–water partition coefficient (Wildman–Crippen LogP) is 4.42. The summed E-state index contributed by atoms with van der Waals surface area (Å²) in [5.74, 6) is 1.37. The molecule has 2 saturated heterocycles. The maximum atomic E-state index is 12.1. The number of rotatable bonds is 3. The van der Waals surface area contributed by atoms with Crippen LogP contribution in [0.2, 0.25) is 5.02 Å². The van der Waals surface area contributed by atoms with Crippen molar-refractivity contribution in [2.45, 2.75) is 12.8 Å². The summed E-state index contributed by atoms with van der Waals surface area (Å²) in [6.07, 6.45) is 4.14. The second kappa shape index (κ2) is 6.98. The van der Waals surface area contributed by atoms with Gasteiger partial charge in [-0.3, -0.25) is 4.79 Å². The van der Waals surface area contributed by atoms with Crippen molar-refractivity contribution < 1.29 is 9.21 Å². The Hall–Kier alpha value is -2.18. The van der Waals surface area contributed by atoms with Gasteiger partial charge >= 0.3 is 0 Å². The third-order valence-corrected chi connectivity index (χ3v) is 5.17. The van der Waals surface area contributed by atoms with Gasteiger partial charge in [0.05, 0.1) is 10.6 Å². The van der Waals surface area contributed by atoms with Crippen LogP contribution < -0.4 is 10.2 Å². The van der Waals surface area contributed by atoms with E-state index in [9.17, 15) is 4.79 Å². The number of carbonyl (C=O) groups excluding carboxylic acids is 1. The highest BCUT2D eigenvalue weighted by Gasteiger charge is 2.24. The van der Waals surface area contributed by atoms with E-state index in [1.807, 2.05) is 12.1 Å². The van der Waals surface area contributed by atoms with E-state index in [4.69, 9.17) is 16.0 Å². The summed E-state index contributed by atoms with van der Waals surface area (Å²) in [7, 11) is 0. The number of nitrogens with one attached hydrogen (secondary N) is 1. The highest BCUT2D eigenvalue weighted by Crippen LogP contribution is 2.30. The molecule has 0 spiro atoms. The van der Waals surface area contributed by atoms with Crippen LogP contribution in [0.15, 0.2) is 50.7 Å². The smallest absolute Gasteiger partial charge is 0.264 e. The second-order valence-corrected chi connectivity index (χ2v) is 7.30. The van der Waals surface area contributed by atoms with Crippen LogP contribution in [0.4, 0.5) is 11.6 Å². The monoisotopic (exact) mass is 373 g/mol. The summed E-state index contributed by atoms with van der Waals surface area (Å²) in [5, 5.41) is 3.97. The molecule has 0 bridgehead atoms. The number of amidine groups is 1. The van der Waals surface area contributed by atoms with E-state index >= 15 is 0 Å². The molecule has 2 aliphatic rings.